The van der Waals surface area contributed by atoms with Crippen molar-refractivity contribution in [3.8, 4) is 0 Å². The van der Waals surface area contributed by atoms with E-state index in [1.807, 2.05) is 0 Å². The van der Waals surface area contributed by atoms with Crippen LogP contribution in [0, 0.1) is 0 Å². The molecule has 0 aromatic heterocycles. The third kappa shape index (κ3) is 2.97. The molecule has 1 aliphatic heterocycles. The maximum atomic E-state index is 11.6. The van der Waals surface area contributed by atoms with E-state index in [2.05, 4.69) is 0 Å². The van der Waals surface area contributed by atoms with Crippen LogP contribution in [0.4, 0.5) is 4.79 Å². The summed E-state index contributed by atoms with van der Waals surface area (Å²) in [6.45, 7) is 5.68. The van der Waals surface area contributed by atoms with Crippen molar-refractivity contribution in [1.29, 1.82) is 0 Å². The topological polar surface area (TPSA) is 72.6 Å². The van der Waals surface area contributed by atoms with Crippen molar-refractivity contribution in [3.05, 3.63) is 12.2 Å². The molecule has 1 aliphatic rings. The lowest BCUT2D eigenvalue weighted by Crippen LogP contribution is -2.46. The lowest BCUT2D eigenvalue weighted by molar-refractivity contribution is -0.121. The van der Waals surface area contributed by atoms with Crippen molar-refractivity contribution in [3.63, 3.8) is 0 Å². The average molecular weight is 212 g/mol. The molecule has 1 unspecified atom stereocenters. The summed E-state index contributed by atoms with van der Waals surface area (Å²) >= 11 is 0. The zero-order valence-corrected chi connectivity index (χ0v) is 9.19. The first kappa shape index (κ1) is 11.6. The molecule has 0 bridgehead atoms. The monoisotopic (exact) mass is 212 g/mol. The highest BCUT2D eigenvalue weighted by molar-refractivity contribution is 5.87. The minimum Gasteiger partial charge on any atom is -0.444 e. The number of primary amides is 1. The molecule has 0 saturated carbocycles. The van der Waals surface area contributed by atoms with Crippen molar-refractivity contribution < 1.29 is 14.3 Å². The number of rotatable bonds is 1. The Balaban J connectivity index is 2.65. The molecule has 1 heterocycles. The van der Waals surface area contributed by atoms with Crippen LogP contribution in [-0.4, -0.2) is 35.1 Å². The van der Waals surface area contributed by atoms with Crippen molar-refractivity contribution >= 4 is 12.0 Å². The molecule has 0 fully saturated rings. The lowest BCUT2D eigenvalue weighted by atomic mass is 10.2. The van der Waals surface area contributed by atoms with Gasteiger partial charge >= 0.3 is 6.09 Å². The molecular formula is C10H16N2O3. The standard InChI is InChI=1S/C10H16N2O3/c1-10(2,3)15-9(14)12-6-4-5-7(12)8(11)13/h4-5,7H,6H2,1-3H3,(H2,11,13). The first-order valence-electron chi connectivity index (χ1n) is 4.77. The molecule has 1 rings (SSSR count). The molecule has 84 valence electrons. The third-order valence-electron chi connectivity index (χ3n) is 1.88. The van der Waals surface area contributed by atoms with Gasteiger partial charge in [-0.25, -0.2) is 4.79 Å². The summed E-state index contributed by atoms with van der Waals surface area (Å²) in [6.07, 6.45) is 2.81. The molecule has 0 aliphatic carbocycles. The van der Waals surface area contributed by atoms with Gasteiger partial charge in [-0.1, -0.05) is 12.2 Å². The van der Waals surface area contributed by atoms with Crippen molar-refractivity contribution in [1.82, 2.24) is 4.90 Å². The fraction of sp³-hybridized carbons (Fsp3) is 0.600. The Bertz CT molecular complexity index is 304. The Labute approximate surface area is 88.9 Å². The molecule has 15 heavy (non-hydrogen) atoms. The maximum Gasteiger partial charge on any atom is 0.411 e. The summed E-state index contributed by atoms with van der Waals surface area (Å²) < 4.78 is 5.14. The van der Waals surface area contributed by atoms with Crippen LogP contribution in [0.1, 0.15) is 20.8 Å². The number of nitrogens with two attached hydrogens (primary N) is 1. The van der Waals surface area contributed by atoms with E-state index in [0.29, 0.717) is 6.54 Å². The summed E-state index contributed by atoms with van der Waals surface area (Å²) in [4.78, 5) is 23.9. The molecule has 1 atom stereocenters. The van der Waals surface area contributed by atoms with Gasteiger partial charge in [-0.05, 0) is 20.8 Å². The number of carbonyl (C=O) groups is 2. The number of hydrogen-bond acceptors (Lipinski definition) is 3. The van der Waals surface area contributed by atoms with Gasteiger partial charge in [-0.2, -0.15) is 0 Å². The summed E-state index contributed by atoms with van der Waals surface area (Å²) in [5.41, 5.74) is 4.58. The summed E-state index contributed by atoms with van der Waals surface area (Å²) in [5, 5.41) is 0. The summed E-state index contributed by atoms with van der Waals surface area (Å²) in [5.74, 6) is -0.547. The Morgan fingerprint density at radius 1 is 1.47 bits per heavy atom. The Morgan fingerprint density at radius 3 is 2.53 bits per heavy atom. The fourth-order valence-corrected chi connectivity index (χ4v) is 1.28. The van der Waals surface area contributed by atoms with Gasteiger partial charge in [0.25, 0.3) is 0 Å². The van der Waals surface area contributed by atoms with Crippen LogP contribution in [0.3, 0.4) is 0 Å². The third-order valence-corrected chi connectivity index (χ3v) is 1.88. The van der Waals surface area contributed by atoms with E-state index >= 15 is 0 Å². The van der Waals surface area contributed by atoms with Crippen LogP contribution in [0.15, 0.2) is 12.2 Å². The van der Waals surface area contributed by atoms with Gasteiger partial charge in [0.2, 0.25) is 5.91 Å². The van der Waals surface area contributed by atoms with Crippen LogP contribution in [0.25, 0.3) is 0 Å². The highest BCUT2D eigenvalue weighted by Crippen LogP contribution is 2.15. The van der Waals surface area contributed by atoms with Crippen molar-refractivity contribution in [2.45, 2.75) is 32.4 Å². The molecule has 5 heteroatoms. The maximum absolute atomic E-state index is 11.6. The van der Waals surface area contributed by atoms with Gasteiger partial charge in [-0.3, -0.25) is 9.69 Å². The normalized spacial score (nSPS) is 20.5. The zero-order valence-electron chi connectivity index (χ0n) is 9.19. The van der Waals surface area contributed by atoms with Crippen LogP contribution in [0.5, 0.6) is 0 Å². The van der Waals surface area contributed by atoms with Gasteiger partial charge in [0.15, 0.2) is 0 Å². The smallest absolute Gasteiger partial charge is 0.411 e. The number of nitrogens with zero attached hydrogens (tertiary/aromatic N) is 1. The predicted molar refractivity (Wildman–Crippen MR) is 55.1 cm³/mol. The zero-order chi connectivity index (χ0) is 11.6. The van der Waals surface area contributed by atoms with E-state index in [4.69, 9.17) is 10.5 Å². The largest absolute Gasteiger partial charge is 0.444 e. The lowest BCUT2D eigenvalue weighted by Gasteiger charge is -2.27. The van der Waals surface area contributed by atoms with Crippen molar-refractivity contribution in [2.24, 2.45) is 5.73 Å². The fourth-order valence-electron chi connectivity index (χ4n) is 1.28. The van der Waals surface area contributed by atoms with Gasteiger partial charge in [0.1, 0.15) is 11.6 Å². The molecule has 5 nitrogen and oxygen atoms in total. The Morgan fingerprint density at radius 2 is 2.07 bits per heavy atom. The number of amides is 2. The van der Waals surface area contributed by atoms with Crippen LogP contribution >= 0.6 is 0 Å². The van der Waals surface area contributed by atoms with E-state index in [1.54, 1.807) is 32.9 Å². The van der Waals surface area contributed by atoms with Crippen LogP contribution in [0.2, 0.25) is 0 Å². The second-order valence-electron chi connectivity index (χ2n) is 4.41. The minimum atomic E-state index is -0.681. The number of hydrogen-bond donors (Lipinski definition) is 1. The second kappa shape index (κ2) is 3.92. The average Bonchev–Trinajstić information content (AvgIpc) is 2.47. The number of ether oxygens (including phenoxy) is 1. The molecule has 0 saturated heterocycles. The first-order valence-corrected chi connectivity index (χ1v) is 4.77. The van der Waals surface area contributed by atoms with Gasteiger partial charge in [0.05, 0.1) is 0 Å². The van der Waals surface area contributed by atoms with Crippen molar-refractivity contribution in [2.75, 3.05) is 6.54 Å². The highest BCUT2D eigenvalue weighted by Gasteiger charge is 2.32. The van der Waals surface area contributed by atoms with E-state index in [-0.39, 0.29) is 0 Å². The predicted octanol–water partition coefficient (Wildman–Crippen LogP) is 0.647. The van der Waals surface area contributed by atoms with E-state index in [1.165, 1.54) is 4.90 Å². The summed E-state index contributed by atoms with van der Waals surface area (Å²) in [7, 11) is 0. The van der Waals surface area contributed by atoms with E-state index in [9.17, 15) is 9.59 Å². The van der Waals surface area contributed by atoms with Crippen LogP contribution < -0.4 is 5.73 Å². The Hall–Kier alpha value is -1.52. The van der Waals surface area contributed by atoms with Crippen LogP contribution in [-0.2, 0) is 9.53 Å². The molecule has 2 amide bonds. The SMILES string of the molecule is CC(C)(C)OC(=O)N1CC=CC1C(N)=O. The second-order valence-corrected chi connectivity index (χ2v) is 4.41. The van der Waals surface area contributed by atoms with Gasteiger partial charge < -0.3 is 10.5 Å². The molecule has 2 N–H and O–H groups in total. The Kier molecular flexibility index (Phi) is 3.02. The molecule has 0 radical (unpaired) electrons. The quantitative estimate of drug-likeness (QED) is 0.648. The van der Waals surface area contributed by atoms with Gasteiger partial charge in [0, 0.05) is 6.54 Å². The first-order chi connectivity index (χ1) is 6.81. The summed E-state index contributed by atoms with van der Waals surface area (Å²) in [6, 6.07) is -0.681. The van der Waals surface area contributed by atoms with Gasteiger partial charge in [-0.15, -0.1) is 0 Å². The molecule has 0 aromatic rings. The van der Waals surface area contributed by atoms with E-state index < -0.39 is 23.6 Å². The minimum absolute atomic E-state index is 0.364. The molecular weight excluding hydrogens is 196 g/mol. The highest BCUT2D eigenvalue weighted by atomic mass is 16.6. The molecule has 0 aromatic carbocycles. The molecule has 0 spiro atoms. The number of carbonyl (C=O) groups excluding carboxylic acids is 2. The van der Waals surface area contributed by atoms with E-state index in [0.717, 1.165) is 0 Å².